The van der Waals surface area contributed by atoms with Crippen LogP contribution in [0.15, 0.2) is 35.7 Å². The minimum atomic E-state index is -0.816. The van der Waals surface area contributed by atoms with Gasteiger partial charge in [0.05, 0.1) is 15.4 Å². The molecule has 3 aromatic rings. The lowest BCUT2D eigenvalue weighted by Gasteiger charge is -2.34. The van der Waals surface area contributed by atoms with Gasteiger partial charge < -0.3 is 9.80 Å². The number of imide groups is 1. The molecule has 0 spiro atoms. The fourth-order valence-electron chi connectivity index (χ4n) is 3.84. The van der Waals surface area contributed by atoms with Crippen molar-refractivity contribution in [3.05, 3.63) is 57.0 Å². The summed E-state index contributed by atoms with van der Waals surface area (Å²) in [5.41, 5.74) is -0.749. The maximum atomic E-state index is 12.8. The number of carbonyl (C=O) groups excluding carboxylic acids is 3. The van der Waals surface area contributed by atoms with Gasteiger partial charge in [0.2, 0.25) is 11.0 Å². The summed E-state index contributed by atoms with van der Waals surface area (Å²) in [4.78, 5) is 54.1. The predicted octanol–water partition coefficient (Wildman–Crippen LogP) is 2.12. The fraction of sp³-hybridized carbons (Fsp3) is 0.250. The van der Waals surface area contributed by atoms with Crippen LogP contribution in [0, 0.1) is 10.1 Å². The molecule has 4 heterocycles. The van der Waals surface area contributed by atoms with Crippen LogP contribution in [-0.4, -0.2) is 75.4 Å². The lowest BCUT2D eigenvalue weighted by molar-refractivity contribution is -0.385. The van der Waals surface area contributed by atoms with Gasteiger partial charge in [-0.25, -0.2) is 0 Å². The van der Waals surface area contributed by atoms with Crippen molar-refractivity contribution in [2.75, 3.05) is 37.6 Å². The number of anilines is 1. The van der Waals surface area contributed by atoms with Crippen LogP contribution in [0.3, 0.4) is 0 Å². The van der Waals surface area contributed by atoms with Crippen LogP contribution in [-0.2, 0) is 4.79 Å². The third-order valence-corrected chi connectivity index (χ3v) is 7.54. The summed E-state index contributed by atoms with van der Waals surface area (Å²) in [6, 6.07) is 7.83. The van der Waals surface area contributed by atoms with E-state index in [0.29, 0.717) is 26.2 Å². The first-order chi connectivity index (χ1) is 15.9. The topological polar surface area (TPSA) is 130 Å². The Morgan fingerprint density at radius 3 is 2.55 bits per heavy atom. The quantitative estimate of drug-likeness (QED) is 0.306. The molecule has 13 heteroatoms. The number of amides is 3. The number of nitro benzene ring substituents is 1. The molecule has 0 aliphatic carbocycles. The molecule has 0 atom stereocenters. The van der Waals surface area contributed by atoms with Crippen molar-refractivity contribution >= 4 is 51.2 Å². The molecule has 2 aliphatic heterocycles. The van der Waals surface area contributed by atoms with Crippen molar-refractivity contribution in [2.24, 2.45) is 0 Å². The van der Waals surface area contributed by atoms with Gasteiger partial charge in [-0.05, 0) is 17.5 Å². The number of benzene rings is 1. The highest BCUT2D eigenvalue weighted by Crippen LogP contribution is 2.32. The Balaban J connectivity index is 1.22. The van der Waals surface area contributed by atoms with Crippen LogP contribution >= 0.6 is 22.7 Å². The van der Waals surface area contributed by atoms with Crippen LogP contribution in [0.25, 0.3) is 9.88 Å². The van der Waals surface area contributed by atoms with Gasteiger partial charge in [0, 0.05) is 32.2 Å². The molecule has 0 saturated carbocycles. The van der Waals surface area contributed by atoms with E-state index in [1.54, 1.807) is 16.2 Å². The van der Waals surface area contributed by atoms with Crippen molar-refractivity contribution in [3.8, 4) is 9.88 Å². The number of thiophene rings is 1. The lowest BCUT2D eigenvalue weighted by atomic mass is 10.1. The summed E-state index contributed by atoms with van der Waals surface area (Å²) in [7, 11) is 0. The van der Waals surface area contributed by atoms with Crippen molar-refractivity contribution in [1.29, 1.82) is 0 Å². The second-order valence-electron chi connectivity index (χ2n) is 7.39. The van der Waals surface area contributed by atoms with Crippen molar-refractivity contribution in [2.45, 2.75) is 0 Å². The first kappa shape index (κ1) is 21.2. The summed E-state index contributed by atoms with van der Waals surface area (Å²) in [5, 5.41) is 23.3. The van der Waals surface area contributed by atoms with Gasteiger partial charge in [0.25, 0.3) is 17.5 Å². The molecule has 33 heavy (non-hydrogen) atoms. The molecule has 0 N–H and O–H groups in total. The highest BCUT2D eigenvalue weighted by Gasteiger charge is 2.42. The molecule has 1 aromatic carbocycles. The van der Waals surface area contributed by atoms with Crippen molar-refractivity contribution in [3.63, 3.8) is 0 Å². The molecule has 2 aromatic heterocycles. The highest BCUT2D eigenvalue weighted by atomic mass is 32.1. The molecular weight excluding hydrogens is 468 g/mol. The average Bonchev–Trinajstić information content (AvgIpc) is 3.57. The summed E-state index contributed by atoms with van der Waals surface area (Å²) in [6.45, 7) is 1.42. The standard InChI is InChI=1S/C20H16N6O5S2/c27-15(11-25-18(28)12-3-1-4-13(26(30)31)16(12)19(25)29)23-6-8-24(9-7-23)20-22-21-17(33-20)14-5-2-10-32-14/h1-5,10H,6-9,11H2. The van der Waals surface area contributed by atoms with Crippen molar-refractivity contribution in [1.82, 2.24) is 20.0 Å². The summed E-state index contributed by atoms with van der Waals surface area (Å²) in [6.07, 6.45) is 0. The Kier molecular flexibility index (Phi) is 5.34. The number of hydrogen-bond acceptors (Lipinski definition) is 10. The first-order valence-corrected chi connectivity index (χ1v) is 11.7. The van der Waals surface area contributed by atoms with E-state index in [1.807, 2.05) is 22.4 Å². The Bertz CT molecular complexity index is 1270. The zero-order valence-electron chi connectivity index (χ0n) is 17.0. The summed E-state index contributed by atoms with van der Waals surface area (Å²) >= 11 is 3.08. The monoisotopic (exact) mass is 484 g/mol. The molecule has 3 amide bonds. The van der Waals surface area contributed by atoms with E-state index in [2.05, 4.69) is 10.2 Å². The minimum Gasteiger partial charge on any atom is -0.343 e. The Morgan fingerprint density at radius 1 is 1.06 bits per heavy atom. The first-order valence-electron chi connectivity index (χ1n) is 9.97. The van der Waals surface area contributed by atoms with Gasteiger partial charge in [-0.3, -0.25) is 29.4 Å². The average molecular weight is 485 g/mol. The molecule has 1 fully saturated rings. The number of nitro groups is 1. The van der Waals surface area contributed by atoms with Gasteiger partial charge in [0.1, 0.15) is 12.1 Å². The highest BCUT2D eigenvalue weighted by molar-refractivity contribution is 7.22. The minimum absolute atomic E-state index is 0.0513. The largest absolute Gasteiger partial charge is 0.343 e. The Labute approximate surface area is 195 Å². The Morgan fingerprint density at radius 2 is 1.85 bits per heavy atom. The van der Waals surface area contributed by atoms with Crippen LogP contribution in [0.1, 0.15) is 20.7 Å². The smallest absolute Gasteiger partial charge is 0.282 e. The van der Waals surface area contributed by atoms with E-state index in [4.69, 9.17) is 0 Å². The van der Waals surface area contributed by atoms with E-state index < -0.39 is 29.0 Å². The van der Waals surface area contributed by atoms with Gasteiger partial charge in [-0.1, -0.05) is 23.5 Å². The molecule has 0 radical (unpaired) electrons. The van der Waals surface area contributed by atoms with Gasteiger partial charge in [-0.2, -0.15) is 0 Å². The van der Waals surface area contributed by atoms with E-state index >= 15 is 0 Å². The number of nitrogens with zero attached hydrogens (tertiary/aromatic N) is 6. The second kappa shape index (κ2) is 8.33. The Hall–Kier alpha value is -3.71. The third kappa shape index (κ3) is 3.74. The maximum Gasteiger partial charge on any atom is 0.282 e. The van der Waals surface area contributed by atoms with E-state index in [9.17, 15) is 24.5 Å². The van der Waals surface area contributed by atoms with Gasteiger partial charge >= 0.3 is 0 Å². The number of carbonyl (C=O) groups is 3. The molecule has 0 unspecified atom stereocenters. The summed E-state index contributed by atoms with van der Waals surface area (Å²) in [5.74, 6) is -1.90. The molecular formula is C20H16N6O5S2. The van der Waals surface area contributed by atoms with Crippen LogP contribution < -0.4 is 4.90 Å². The molecule has 5 rings (SSSR count). The second-order valence-corrected chi connectivity index (χ2v) is 9.29. The normalized spacial score (nSPS) is 15.8. The van der Waals surface area contributed by atoms with Gasteiger partial charge in [0.15, 0.2) is 5.01 Å². The van der Waals surface area contributed by atoms with Crippen LogP contribution in [0.4, 0.5) is 10.8 Å². The number of aromatic nitrogens is 2. The lowest BCUT2D eigenvalue weighted by Crippen LogP contribution is -2.51. The zero-order chi connectivity index (χ0) is 23.1. The van der Waals surface area contributed by atoms with Gasteiger partial charge in [-0.15, -0.1) is 21.5 Å². The van der Waals surface area contributed by atoms with Crippen LogP contribution in [0.2, 0.25) is 0 Å². The molecule has 0 bridgehead atoms. The fourth-order valence-corrected chi connectivity index (χ4v) is 5.53. The third-order valence-electron chi connectivity index (χ3n) is 5.52. The molecule has 11 nitrogen and oxygen atoms in total. The predicted molar refractivity (Wildman–Crippen MR) is 120 cm³/mol. The van der Waals surface area contributed by atoms with E-state index in [1.165, 1.54) is 29.5 Å². The molecule has 1 saturated heterocycles. The maximum absolute atomic E-state index is 12.8. The number of rotatable bonds is 5. The zero-order valence-corrected chi connectivity index (χ0v) is 18.7. The van der Waals surface area contributed by atoms with E-state index in [-0.39, 0.29) is 17.0 Å². The summed E-state index contributed by atoms with van der Waals surface area (Å²) < 4.78 is 0. The SMILES string of the molecule is O=C(CN1C(=O)c2cccc([N+](=O)[O-])c2C1=O)N1CCN(c2nnc(-c3cccs3)s2)CC1. The number of hydrogen-bond donors (Lipinski definition) is 0. The number of fused-ring (bicyclic) bond motifs is 1. The van der Waals surface area contributed by atoms with Crippen molar-refractivity contribution < 1.29 is 19.3 Å². The number of piperazine rings is 1. The molecule has 2 aliphatic rings. The van der Waals surface area contributed by atoms with E-state index in [0.717, 1.165) is 19.9 Å². The molecule has 168 valence electrons. The van der Waals surface area contributed by atoms with Crippen LogP contribution in [0.5, 0.6) is 0 Å².